The molecule has 4 heteroatoms. The minimum atomic E-state index is 0.792. The second-order valence-electron chi connectivity index (χ2n) is 4.11. The summed E-state index contributed by atoms with van der Waals surface area (Å²) in [6.45, 7) is 3.43. The van der Waals surface area contributed by atoms with Crippen LogP contribution in [0.3, 0.4) is 0 Å². The van der Waals surface area contributed by atoms with E-state index in [-0.39, 0.29) is 0 Å². The average molecular weight is 293 g/mol. The van der Waals surface area contributed by atoms with E-state index in [1.807, 2.05) is 12.1 Å². The summed E-state index contributed by atoms with van der Waals surface area (Å²) in [5.41, 5.74) is 1.04. The summed E-state index contributed by atoms with van der Waals surface area (Å²) in [5.74, 6) is 1.04. The third-order valence-electron chi connectivity index (χ3n) is 2.97. The molecule has 0 aliphatic carbocycles. The zero-order valence-corrected chi connectivity index (χ0v) is 11.0. The van der Waals surface area contributed by atoms with Crippen molar-refractivity contribution in [3.63, 3.8) is 0 Å². The summed E-state index contributed by atoms with van der Waals surface area (Å²) < 4.78 is 6.44. The lowest BCUT2D eigenvalue weighted by Crippen LogP contribution is -2.36. The van der Waals surface area contributed by atoms with Crippen molar-refractivity contribution in [3.8, 4) is 0 Å². The molecule has 2 heterocycles. The molecular formula is C13H13BrN2O. The number of aromatic nitrogens is 1. The molecule has 3 rings (SSSR count). The lowest BCUT2D eigenvalue weighted by molar-refractivity contribution is 0.122. The molecule has 1 saturated heterocycles. The predicted molar refractivity (Wildman–Crippen MR) is 72.5 cm³/mol. The first kappa shape index (κ1) is 11.0. The van der Waals surface area contributed by atoms with Gasteiger partial charge in [-0.05, 0) is 30.3 Å². The van der Waals surface area contributed by atoms with Crippen molar-refractivity contribution < 1.29 is 4.74 Å². The van der Waals surface area contributed by atoms with Crippen molar-refractivity contribution >= 4 is 32.7 Å². The van der Waals surface area contributed by atoms with E-state index in [4.69, 9.17) is 4.74 Å². The molecule has 1 aliphatic rings. The van der Waals surface area contributed by atoms with Gasteiger partial charge in [0.1, 0.15) is 5.82 Å². The molecule has 0 atom stereocenters. The van der Waals surface area contributed by atoms with Crippen LogP contribution in [0, 0.1) is 0 Å². The molecule has 1 aromatic heterocycles. The SMILES string of the molecule is Brc1ccc2nc(N3CCOCC3)ccc2c1. The maximum absolute atomic E-state index is 5.35. The van der Waals surface area contributed by atoms with Gasteiger partial charge in [0.15, 0.2) is 0 Å². The standard InChI is InChI=1S/C13H13BrN2O/c14-11-2-3-12-10(9-11)1-4-13(15-12)16-5-7-17-8-6-16/h1-4,9H,5-8H2. The summed E-state index contributed by atoms with van der Waals surface area (Å²) in [7, 11) is 0. The number of halogens is 1. The summed E-state index contributed by atoms with van der Waals surface area (Å²) in [6, 6.07) is 10.4. The average Bonchev–Trinajstić information content (AvgIpc) is 2.39. The van der Waals surface area contributed by atoms with Crippen molar-refractivity contribution in [2.24, 2.45) is 0 Å². The molecule has 1 aliphatic heterocycles. The molecule has 0 amide bonds. The van der Waals surface area contributed by atoms with E-state index in [9.17, 15) is 0 Å². The lowest BCUT2D eigenvalue weighted by atomic mass is 10.2. The van der Waals surface area contributed by atoms with Crippen LogP contribution in [0.2, 0.25) is 0 Å². The Balaban J connectivity index is 1.98. The smallest absolute Gasteiger partial charge is 0.129 e. The highest BCUT2D eigenvalue weighted by Gasteiger charge is 2.12. The molecule has 88 valence electrons. The fourth-order valence-electron chi connectivity index (χ4n) is 2.05. The van der Waals surface area contributed by atoms with Gasteiger partial charge >= 0.3 is 0 Å². The number of anilines is 1. The predicted octanol–water partition coefficient (Wildman–Crippen LogP) is 2.83. The van der Waals surface area contributed by atoms with Crippen molar-refractivity contribution in [1.29, 1.82) is 0 Å². The maximum Gasteiger partial charge on any atom is 0.129 e. The minimum absolute atomic E-state index is 0.792. The van der Waals surface area contributed by atoms with Crippen molar-refractivity contribution in [1.82, 2.24) is 4.98 Å². The Morgan fingerprint density at radius 3 is 2.76 bits per heavy atom. The van der Waals surface area contributed by atoms with Gasteiger partial charge in [0.2, 0.25) is 0 Å². The molecule has 17 heavy (non-hydrogen) atoms. The molecule has 0 radical (unpaired) electrons. The third kappa shape index (κ3) is 2.28. The van der Waals surface area contributed by atoms with E-state index in [2.05, 4.69) is 44.0 Å². The first-order valence-electron chi connectivity index (χ1n) is 5.72. The Hall–Kier alpha value is -1.13. The molecule has 0 spiro atoms. The van der Waals surface area contributed by atoms with Gasteiger partial charge in [-0.3, -0.25) is 0 Å². The highest BCUT2D eigenvalue weighted by atomic mass is 79.9. The Labute approximate surface area is 109 Å². The van der Waals surface area contributed by atoms with Gasteiger partial charge in [-0.1, -0.05) is 15.9 Å². The Bertz CT molecular complexity index is 538. The molecule has 0 saturated carbocycles. The minimum Gasteiger partial charge on any atom is -0.378 e. The number of ether oxygens (including phenoxy) is 1. The van der Waals surface area contributed by atoms with Gasteiger partial charge < -0.3 is 9.64 Å². The van der Waals surface area contributed by atoms with Crippen molar-refractivity contribution in [2.75, 3.05) is 31.2 Å². The van der Waals surface area contributed by atoms with Crippen LogP contribution in [-0.2, 0) is 4.74 Å². The number of fused-ring (bicyclic) bond motifs is 1. The van der Waals surface area contributed by atoms with Crippen LogP contribution in [0.5, 0.6) is 0 Å². The van der Waals surface area contributed by atoms with Gasteiger partial charge in [0.25, 0.3) is 0 Å². The number of pyridine rings is 1. The molecule has 2 aromatic rings. The van der Waals surface area contributed by atoms with Crippen LogP contribution in [-0.4, -0.2) is 31.3 Å². The molecule has 0 unspecified atom stereocenters. The highest BCUT2D eigenvalue weighted by molar-refractivity contribution is 9.10. The van der Waals surface area contributed by atoms with Crippen LogP contribution in [0.4, 0.5) is 5.82 Å². The van der Waals surface area contributed by atoms with Crippen molar-refractivity contribution in [2.45, 2.75) is 0 Å². The topological polar surface area (TPSA) is 25.4 Å². The van der Waals surface area contributed by atoms with Crippen LogP contribution < -0.4 is 4.90 Å². The number of morpholine rings is 1. The molecule has 0 N–H and O–H groups in total. The van der Waals surface area contributed by atoms with Gasteiger partial charge in [0, 0.05) is 22.9 Å². The van der Waals surface area contributed by atoms with E-state index in [1.165, 1.54) is 0 Å². The molecular weight excluding hydrogens is 280 g/mol. The summed E-state index contributed by atoms with van der Waals surface area (Å²) in [4.78, 5) is 6.96. The lowest BCUT2D eigenvalue weighted by Gasteiger charge is -2.27. The fraction of sp³-hybridized carbons (Fsp3) is 0.308. The second-order valence-corrected chi connectivity index (χ2v) is 5.02. The number of hydrogen-bond acceptors (Lipinski definition) is 3. The summed E-state index contributed by atoms with van der Waals surface area (Å²) in [6.07, 6.45) is 0. The monoisotopic (exact) mass is 292 g/mol. The largest absolute Gasteiger partial charge is 0.378 e. The van der Waals surface area contributed by atoms with E-state index < -0.39 is 0 Å². The van der Waals surface area contributed by atoms with Crippen LogP contribution in [0.15, 0.2) is 34.8 Å². The van der Waals surface area contributed by atoms with Gasteiger partial charge in [-0.25, -0.2) is 4.98 Å². The molecule has 1 fully saturated rings. The van der Waals surface area contributed by atoms with Crippen LogP contribution in [0.25, 0.3) is 10.9 Å². The quantitative estimate of drug-likeness (QED) is 0.808. The maximum atomic E-state index is 5.35. The number of rotatable bonds is 1. The summed E-state index contributed by atoms with van der Waals surface area (Å²) in [5, 5.41) is 1.16. The Morgan fingerprint density at radius 1 is 1.12 bits per heavy atom. The van der Waals surface area contributed by atoms with Crippen LogP contribution in [0.1, 0.15) is 0 Å². The van der Waals surface area contributed by atoms with Crippen molar-refractivity contribution in [3.05, 3.63) is 34.8 Å². The van der Waals surface area contributed by atoms with Crippen LogP contribution >= 0.6 is 15.9 Å². The zero-order chi connectivity index (χ0) is 11.7. The number of hydrogen-bond donors (Lipinski definition) is 0. The fourth-order valence-corrected chi connectivity index (χ4v) is 2.43. The third-order valence-corrected chi connectivity index (χ3v) is 3.46. The highest BCUT2D eigenvalue weighted by Crippen LogP contribution is 2.22. The van der Waals surface area contributed by atoms with E-state index in [0.717, 1.165) is 47.5 Å². The number of benzene rings is 1. The second kappa shape index (κ2) is 4.63. The zero-order valence-electron chi connectivity index (χ0n) is 9.40. The molecule has 0 bridgehead atoms. The Morgan fingerprint density at radius 2 is 1.94 bits per heavy atom. The van der Waals surface area contributed by atoms with E-state index in [1.54, 1.807) is 0 Å². The normalized spacial score (nSPS) is 16.4. The first-order valence-corrected chi connectivity index (χ1v) is 6.51. The summed E-state index contributed by atoms with van der Waals surface area (Å²) >= 11 is 3.47. The van der Waals surface area contributed by atoms with Gasteiger partial charge in [0.05, 0.1) is 18.7 Å². The van der Waals surface area contributed by atoms with Gasteiger partial charge in [-0.2, -0.15) is 0 Å². The van der Waals surface area contributed by atoms with E-state index >= 15 is 0 Å². The number of nitrogens with zero attached hydrogens (tertiary/aromatic N) is 2. The molecule has 3 nitrogen and oxygen atoms in total. The van der Waals surface area contributed by atoms with E-state index in [0.29, 0.717) is 0 Å². The first-order chi connectivity index (χ1) is 8.33. The Kier molecular flexibility index (Phi) is 2.99. The van der Waals surface area contributed by atoms with Gasteiger partial charge in [-0.15, -0.1) is 0 Å². The molecule has 1 aromatic carbocycles.